The molecule has 0 aliphatic carbocycles. The normalized spacial score (nSPS) is 18.5. The van der Waals surface area contributed by atoms with Gasteiger partial charge in [0, 0.05) is 21.0 Å². The van der Waals surface area contributed by atoms with Crippen LogP contribution in [-0.2, 0) is 0 Å². The Labute approximate surface area is 120 Å². The molecule has 2 rings (SSSR count). The molecule has 92 valence electrons. The Morgan fingerprint density at radius 1 is 1.47 bits per heavy atom. The molecule has 0 atom stereocenters. The Morgan fingerprint density at radius 3 is 2.76 bits per heavy atom. The average molecular weight is 416 g/mol. The van der Waals surface area contributed by atoms with Gasteiger partial charge in [0.1, 0.15) is 0 Å². The summed E-state index contributed by atoms with van der Waals surface area (Å²) in [5, 5.41) is 0. The van der Waals surface area contributed by atoms with Gasteiger partial charge in [-0.2, -0.15) is 0 Å². The topological polar surface area (TPSA) is 20.3 Å². The number of rotatable bonds is 1. The number of benzene rings is 1. The minimum atomic E-state index is -2.75. The number of amides is 1. The van der Waals surface area contributed by atoms with E-state index in [0.717, 1.165) is 3.57 Å². The Balaban J connectivity index is 2.24. The molecule has 1 aliphatic rings. The van der Waals surface area contributed by atoms with Gasteiger partial charge in [-0.05, 0) is 50.7 Å². The maximum absolute atomic E-state index is 13.0. The van der Waals surface area contributed by atoms with Crippen molar-refractivity contribution in [3.8, 4) is 0 Å². The molecule has 2 nitrogen and oxygen atoms in total. The van der Waals surface area contributed by atoms with Gasteiger partial charge in [0.25, 0.3) is 11.8 Å². The quantitative estimate of drug-likeness (QED) is 0.642. The number of hydrogen-bond acceptors (Lipinski definition) is 1. The van der Waals surface area contributed by atoms with E-state index in [-0.39, 0.29) is 18.9 Å². The first-order valence-electron chi connectivity index (χ1n) is 5.02. The van der Waals surface area contributed by atoms with E-state index in [2.05, 4.69) is 38.5 Å². The second-order valence-electron chi connectivity index (χ2n) is 3.93. The molecular weight excluding hydrogens is 407 g/mol. The van der Waals surface area contributed by atoms with Crippen LogP contribution in [0.15, 0.2) is 22.7 Å². The number of carbonyl (C=O) groups excluding carboxylic acids is 1. The van der Waals surface area contributed by atoms with Crippen LogP contribution in [0.5, 0.6) is 0 Å². The molecule has 6 heteroatoms. The highest BCUT2D eigenvalue weighted by molar-refractivity contribution is 14.1. The molecule has 17 heavy (non-hydrogen) atoms. The average Bonchev–Trinajstić information content (AvgIpc) is 2.62. The molecule has 0 bridgehead atoms. The molecule has 1 aromatic rings. The van der Waals surface area contributed by atoms with Gasteiger partial charge >= 0.3 is 0 Å². The van der Waals surface area contributed by atoms with Crippen LogP contribution in [0.3, 0.4) is 0 Å². The summed E-state index contributed by atoms with van der Waals surface area (Å²) in [7, 11) is 0. The third kappa shape index (κ3) is 2.78. The van der Waals surface area contributed by atoms with Crippen molar-refractivity contribution < 1.29 is 13.6 Å². The van der Waals surface area contributed by atoms with Gasteiger partial charge in [-0.25, -0.2) is 8.78 Å². The lowest BCUT2D eigenvalue weighted by atomic mass is 10.2. The zero-order valence-corrected chi connectivity index (χ0v) is 12.5. The Bertz CT molecular complexity index is 467. The molecule has 1 fully saturated rings. The van der Waals surface area contributed by atoms with Crippen LogP contribution in [0.1, 0.15) is 16.8 Å². The van der Waals surface area contributed by atoms with Crippen molar-refractivity contribution in [2.45, 2.75) is 12.3 Å². The number of alkyl halides is 2. The zero-order valence-electron chi connectivity index (χ0n) is 8.72. The van der Waals surface area contributed by atoms with Crippen molar-refractivity contribution in [2.75, 3.05) is 13.1 Å². The van der Waals surface area contributed by atoms with Gasteiger partial charge < -0.3 is 4.90 Å². The van der Waals surface area contributed by atoms with Gasteiger partial charge in [0.2, 0.25) is 0 Å². The lowest BCUT2D eigenvalue weighted by Crippen LogP contribution is -2.31. The predicted molar refractivity (Wildman–Crippen MR) is 72.3 cm³/mol. The van der Waals surface area contributed by atoms with Crippen molar-refractivity contribution in [3.05, 3.63) is 31.8 Å². The molecule has 0 aromatic heterocycles. The van der Waals surface area contributed by atoms with Crippen LogP contribution < -0.4 is 0 Å². The summed E-state index contributed by atoms with van der Waals surface area (Å²) in [5.41, 5.74) is 0.439. The van der Waals surface area contributed by atoms with E-state index in [1.165, 1.54) is 4.90 Å². The van der Waals surface area contributed by atoms with E-state index in [1.807, 2.05) is 6.07 Å². The van der Waals surface area contributed by atoms with Crippen LogP contribution in [-0.4, -0.2) is 29.8 Å². The molecule has 0 radical (unpaired) electrons. The van der Waals surface area contributed by atoms with Gasteiger partial charge in [-0.3, -0.25) is 4.79 Å². The van der Waals surface area contributed by atoms with Crippen molar-refractivity contribution in [2.24, 2.45) is 0 Å². The SMILES string of the molecule is O=C(c1cccc(I)c1Br)N1CCC(F)(F)C1. The lowest BCUT2D eigenvalue weighted by Gasteiger charge is -2.17. The summed E-state index contributed by atoms with van der Waals surface area (Å²) >= 11 is 5.40. The summed E-state index contributed by atoms with van der Waals surface area (Å²) in [4.78, 5) is 13.3. The van der Waals surface area contributed by atoms with Crippen LogP contribution >= 0.6 is 38.5 Å². The fourth-order valence-electron chi connectivity index (χ4n) is 1.75. The van der Waals surface area contributed by atoms with Crippen molar-refractivity contribution >= 4 is 44.4 Å². The van der Waals surface area contributed by atoms with E-state index in [0.29, 0.717) is 10.0 Å². The standard InChI is InChI=1S/C11H9BrF2INO/c12-9-7(2-1-3-8(9)15)10(17)16-5-4-11(13,14)6-16/h1-3H,4-6H2. The number of halogens is 4. The molecule has 0 unspecified atom stereocenters. The zero-order chi connectivity index (χ0) is 12.6. The minimum Gasteiger partial charge on any atom is -0.332 e. The fraction of sp³-hybridized carbons (Fsp3) is 0.364. The monoisotopic (exact) mass is 415 g/mol. The third-order valence-corrected chi connectivity index (χ3v) is 5.13. The van der Waals surface area contributed by atoms with E-state index in [1.54, 1.807) is 12.1 Å². The Morgan fingerprint density at radius 2 is 2.18 bits per heavy atom. The Hall–Kier alpha value is -0.240. The fourth-order valence-corrected chi connectivity index (χ4v) is 2.68. The second-order valence-corrected chi connectivity index (χ2v) is 5.89. The maximum atomic E-state index is 13.0. The first kappa shape index (κ1) is 13.2. The molecule has 1 heterocycles. The second kappa shape index (κ2) is 4.79. The van der Waals surface area contributed by atoms with E-state index in [9.17, 15) is 13.6 Å². The molecule has 0 saturated carbocycles. The highest BCUT2D eigenvalue weighted by atomic mass is 127. The summed E-state index contributed by atoms with van der Waals surface area (Å²) in [6, 6.07) is 5.24. The van der Waals surface area contributed by atoms with E-state index < -0.39 is 12.5 Å². The molecular formula is C11H9BrF2INO. The number of carbonyl (C=O) groups is 1. The number of likely N-dealkylation sites (tertiary alicyclic amines) is 1. The molecule has 1 aliphatic heterocycles. The summed E-state index contributed by atoms with van der Waals surface area (Å²) in [5.74, 6) is -3.09. The number of hydrogen-bond donors (Lipinski definition) is 0. The minimum absolute atomic E-state index is 0.115. The van der Waals surface area contributed by atoms with Crippen molar-refractivity contribution in [1.29, 1.82) is 0 Å². The van der Waals surface area contributed by atoms with Gasteiger partial charge in [0.05, 0.1) is 12.1 Å². The van der Waals surface area contributed by atoms with E-state index >= 15 is 0 Å². The highest BCUT2D eigenvalue weighted by Gasteiger charge is 2.40. The Kier molecular flexibility index (Phi) is 3.72. The summed E-state index contributed by atoms with van der Waals surface area (Å²) < 4.78 is 27.6. The molecule has 1 amide bonds. The molecule has 1 saturated heterocycles. The third-order valence-electron chi connectivity index (χ3n) is 2.64. The molecule has 0 spiro atoms. The smallest absolute Gasteiger partial charge is 0.267 e. The lowest BCUT2D eigenvalue weighted by molar-refractivity contribution is 0.0120. The summed E-state index contributed by atoms with van der Waals surface area (Å²) in [6.45, 7) is -0.368. The predicted octanol–water partition coefficient (Wildman–Crippen LogP) is 3.53. The van der Waals surface area contributed by atoms with Crippen LogP contribution in [0.2, 0.25) is 0 Å². The van der Waals surface area contributed by atoms with Crippen LogP contribution in [0.25, 0.3) is 0 Å². The molecule has 1 aromatic carbocycles. The van der Waals surface area contributed by atoms with E-state index in [4.69, 9.17) is 0 Å². The highest BCUT2D eigenvalue weighted by Crippen LogP contribution is 2.30. The van der Waals surface area contributed by atoms with Crippen LogP contribution in [0, 0.1) is 3.57 Å². The first-order chi connectivity index (χ1) is 7.91. The molecule has 0 N–H and O–H groups in total. The van der Waals surface area contributed by atoms with Crippen LogP contribution in [0.4, 0.5) is 8.78 Å². The maximum Gasteiger partial charge on any atom is 0.267 e. The van der Waals surface area contributed by atoms with Gasteiger partial charge in [0.15, 0.2) is 0 Å². The first-order valence-corrected chi connectivity index (χ1v) is 6.89. The van der Waals surface area contributed by atoms with Gasteiger partial charge in [-0.15, -0.1) is 0 Å². The van der Waals surface area contributed by atoms with Gasteiger partial charge in [-0.1, -0.05) is 6.07 Å². The largest absolute Gasteiger partial charge is 0.332 e. The van der Waals surface area contributed by atoms with Crippen molar-refractivity contribution in [1.82, 2.24) is 4.90 Å². The van der Waals surface area contributed by atoms with Crippen molar-refractivity contribution in [3.63, 3.8) is 0 Å². The number of nitrogens with zero attached hydrogens (tertiary/aromatic N) is 1. The summed E-state index contributed by atoms with van der Waals surface area (Å²) in [6.07, 6.45) is -0.250.